The second-order valence-corrected chi connectivity index (χ2v) is 11.8. The first-order chi connectivity index (χ1) is 19.4. The molecule has 0 bridgehead atoms. The number of nitrogens with one attached hydrogen (secondary N) is 1. The van der Waals surface area contributed by atoms with Crippen LogP contribution in [0.15, 0.2) is 63.7 Å². The number of ether oxygens (including phenoxy) is 2. The van der Waals surface area contributed by atoms with Crippen molar-refractivity contribution in [2.75, 3.05) is 19.6 Å². The summed E-state index contributed by atoms with van der Waals surface area (Å²) in [7, 11) is 0. The summed E-state index contributed by atoms with van der Waals surface area (Å²) < 4.78 is 16.2. The minimum atomic E-state index is -0.799. The van der Waals surface area contributed by atoms with Gasteiger partial charge in [0, 0.05) is 36.8 Å². The normalized spacial score (nSPS) is 20.2. The number of Topliss-reactive ketones (excluding diaryl/α,β-unsaturated/α-hetero) is 1. The number of allylic oxidation sites excluding steroid dienone is 1. The standard InChI is InChI=1S/C30H33N5O6/c1-18(36)19-6-8-20(9-7-19)34-26(37)33-14-12-23-25(35(33)27(34)38)22-11-10-21(16-24(22)41-30(23,4)5)40-28(39)32-15-13-31-17-29(32,2)3/h6-12,16,25,31H,13-15,17H2,1-5H3. The van der Waals surface area contributed by atoms with Crippen LogP contribution in [0, 0.1) is 0 Å². The van der Waals surface area contributed by atoms with Crippen molar-refractivity contribution in [3.63, 3.8) is 0 Å². The van der Waals surface area contributed by atoms with E-state index in [1.54, 1.807) is 47.4 Å². The molecule has 3 aliphatic heterocycles. The lowest BCUT2D eigenvalue weighted by atomic mass is 9.83. The predicted molar refractivity (Wildman–Crippen MR) is 151 cm³/mol. The van der Waals surface area contributed by atoms with Crippen molar-refractivity contribution in [3.05, 3.63) is 86.2 Å². The number of carbonyl (C=O) groups is 2. The molecule has 11 nitrogen and oxygen atoms in total. The molecule has 1 saturated heterocycles. The summed E-state index contributed by atoms with van der Waals surface area (Å²) in [6, 6.07) is 10.9. The lowest BCUT2D eigenvalue weighted by molar-refractivity contribution is 0.0814. The van der Waals surface area contributed by atoms with E-state index in [0.29, 0.717) is 47.9 Å². The Labute approximate surface area is 236 Å². The van der Waals surface area contributed by atoms with Gasteiger partial charge in [-0.2, -0.15) is 0 Å². The van der Waals surface area contributed by atoms with Crippen molar-refractivity contribution in [1.82, 2.24) is 24.1 Å². The summed E-state index contributed by atoms with van der Waals surface area (Å²) in [5.41, 5.74) is 0.233. The molecule has 1 fully saturated rings. The van der Waals surface area contributed by atoms with Crippen molar-refractivity contribution in [1.29, 1.82) is 0 Å². The Morgan fingerprint density at radius 2 is 1.76 bits per heavy atom. The SMILES string of the molecule is CC(=O)c1ccc(-n2c(=O)n3n(c2=O)C2C(=CC3)C(C)(C)Oc3cc(OC(=O)N4CCNCC4(C)C)ccc32)cc1. The highest BCUT2D eigenvalue weighted by Gasteiger charge is 2.44. The third-order valence-corrected chi connectivity index (χ3v) is 8.18. The Bertz CT molecular complexity index is 1720. The Balaban J connectivity index is 1.40. The van der Waals surface area contributed by atoms with Crippen LogP contribution in [0.5, 0.6) is 11.5 Å². The van der Waals surface area contributed by atoms with E-state index < -0.39 is 34.7 Å². The van der Waals surface area contributed by atoms with Crippen molar-refractivity contribution >= 4 is 11.9 Å². The largest absolute Gasteiger partial charge is 0.483 e. The van der Waals surface area contributed by atoms with Crippen LogP contribution in [0.1, 0.15) is 56.6 Å². The predicted octanol–water partition coefficient (Wildman–Crippen LogP) is 2.89. The van der Waals surface area contributed by atoms with Crippen LogP contribution in [0.3, 0.4) is 0 Å². The highest BCUT2D eigenvalue weighted by atomic mass is 16.6. The van der Waals surface area contributed by atoms with Crippen LogP contribution in [0.25, 0.3) is 5.69 Å². The molecule has 0 spiro atoms. The number of piperazine rings is 1. The molecule has 6 rings (SSSR count). The smallest absolute Gasteiger partial charge is 0.415 e. The first-order valence-corrected chi connectivity index (χ1v) is 13.7. The fourth-order valence-electron chi connectivity index (χ4n) is 5.98. The highest BCUT2D eigenvalue weighted by Crippen LogP contribution is 2.47. The van der Waals surface area contributed by atoms with Gasteiger partial charge >= 0.3 is 17.5 Å². The van der Waals surface area contributed by atoms with E-state index in [0.717, 1.165) is 10.1 Å². The second kappa shape index (κ2) is 9.34. The summed E-state index contributed by atoms with van der Waals surface area (Å²) in [5.74, 6) is 0.691. The monoisotopic (exact) mass is 559 g/mol. The first-order valence-electron chi connectivity index (χ1n) is 13.7. The molecule has 0 aliphatic carbocycles. The molecule has 1 amide bonds. The maximum atomic E-state index is 13.9. The zero-order valence-electron chi connectivity index (χ0n) is 23.8. The zero-order valence-corrected chi connectivity index (χ0v) is 23.8. The molecule has 1 unspecified atom stereocenters. The molecule has 214 valence electrons. The van der Waals surface area contributed by atoms with Crippen LogP contribution in [-0.4, -0.2) is 61.5 Å². The number of benzene rings is 2. The number of fused-ring (bicyclic) bond motifs is 5. The first kappa shape index (κ1) is 26.8. The Morgan fingerprint density at radius 1 is 1.02 bits per heavy atom. The Kier molecular flexibility index (Phi) is 6.11. The maximum absolute atomic E-state index is 13.9. The van der Waals surface area contributed by atoms with E-state index in [1.807, 2.05) is 33.8 Å². The molecular formula is C30H33N5O6. The van der Waals surface area contributed by atoms with Gasteiger partial charge in [0.25, 0.3) is 0 Å². The summed E-state index contributed by atoms with van der Waals surface area (Å²) in [4.78, 5) is 53.9. The Morgan fingerprint density at radius 3 is 2.44 bits per heavy atom. The average molecular weight is 560 g/mol. The number of aromatic nitrogens is 3. The molecule has 2 aromatic carbocycles. The third-order valence-electron chi connectivity index (χ3n) is 8.18. The number of rotatable bonds is 3. The lowest BCUT2D eigenvalue weighted by Gasteiger charge is -2.43. The number of hydrogen-bond donors (Lipinski definition) is 1. The summed E-state index contributed by atoms with van der Waals surface area (Å²) in [6.07, 6.45) is 1.49. The van der Waals surface area contributed by atoms with Gasteiger partial charge in [-0.3, -0.25) is 4.79 Å². The van der Waals surface area contributed by atoms with E-state index in [4.69, 9.17) is 9.47 Å². The number of nitrogens with zero attached hydrogens (tertiary/aromatic N) is 4. The summed E-state index contributed by atoms with van der Waals surface area (Å²) in [5, 5.41) is 3.29. The van der Waals surface area contributed by atoms with E-state index in [9.17, 15) is 19.2 Å². The van der Waals surface area contributed by atoms with Crippen LogP contribution in [0.2, 0.25) is 0 Å². The summed E-state index contributed by atoms with van der Waals surface area (Å²) in [6.45, 7) is 11.3. The van der Waals surface area contributed by atoms with Gasteiger partial charge in [-0.1, -0.05) is 6.08 Å². The molecule has 1 N–H and O–H groups in total. The van der Waals surface area contributed by atoms with Gasteiger partial charge in [0.05, 0.1) is 17.8 Å². The van der Waals surface area contributed by atoms with Crippen LogP contribution in [-0.2, 0) is 6.54 Å². The average Bonchev–Trinajstić information content (AvgIpc) is 3.17. The molecule has 0 radical (unpaired) electrons. The van der Waals surface area contributed by atoms with Crippen LogP contribution in [0.4, 0.5) is 4.79 Å². The van der Waals surface area contributed by atoms with Gasteiger partial charge in [-0.15, -0.1) is 0 Å². The van der Waals surface area contributed by atoms with Crippen molar-refractivity contribution in [2.45, 2.75) is 58.3 Å². The summed E-state index contributed by atoms with van der Waals surface area (Å²) >= 11 is 0. The second-order valence-electron chi connectivity index (χ2n) is 11.8. The van der Waals surface area contributed by atoms with Crippen molar-refractivity contribution in [3.8, 4) is 17.2 Å². The fourth-order valence-corrected chi connectivity index (χ4v) is 5.98. The lowest BCUT2D eigenvalue weighted by Crippen LogP contribution is -2.60. The van der Waals surface area contributed by atoms with Crippen molar-refractivity contribution in [2.24, 2.45) is 0 Å². The molecule has 1 aromatic heterocycles. The maximum Gasteiger partial charge on any atom is 0.415 e. The molecule has 41 heavy (non-hydrogen) atoms. The van der Waals surface area contributed by atoms with Gasteiger partial charge in [0.2, 0.25) is 0 Å². The minimum Gasteiger partial charge on any atom is -0.483 e. The number of ketones is 1. The van der Waals surface area contributed by atoms with Gasteiger partial charge < -0.3 is 19.7 Å². The van der Waals surface area contributed by atoms with Crippen molar-refractivity contribution < 1.29 is 19.1 Å². The topological polar surface area (TPSA) is 117 Å². The number of amides is 1. The third kappa shape index (κ3) is 4.31. The van der Waals surface area contributed by atoms with Gasteiger partial charge in [-0.25, -0.2) is 28.3 Å². The van der Waals surface area contributed by atoms with Crippen LogP contribution >= 0.6 is 0 Å². The molecule has 0 saturated carbocycles. The molecule has 4 heterocycles. The van der Waals surface area contributed by atoms with E-state index in [-0.39, 0.29) is 12.3 Å². The van der Waals surface area contributed by atoms with Crippen LogP contribution < -0.4 is 26.2 Å². The molecular weight excluding hydrogens is 526 g/mol. The zero-order chi connectivity index (χ0) is 29.3. The molecule has 11 heteroatoms. The minimum absolute atomic E-state index is 0.103. The van der Waals surface area contributed by atoms with E-state index in [1.165, 1.54) is 16.3 Å². The quantitative estimate of drug-likeness (QED) is 0.387. The molecule has 3 aliphatic rings. The number of hydrogen-bond acceptors (Lipinski definition) is 7. The Hall–Kier alpha value is -4.38. The van der Waals surface area contributed by atoms with Gasteiger partial charge in [0.15, 0.2) is 5.78 Å². The van der Waals surface area contributed by atoms with Gasteiger partial charge in [-0.05, 0) is 76.6 Å². The van der Waals surface area contributed by atoms with Gasteiger partial charge in [0.1, 0.15) is 23.1 Å². The number of carbonyl (C=O) groups excluding carboxylic acids is 2. The molecule has 1 atom stereocenters. The molecule has 3 aromatic rings. The highest BCUT2D eigenvalue weighted by molar-refractivity contribution is 5.94. The van der Waals surface area contributed by atoms with E-state index in [2.05, 4.69) is 5.32 Å². The van der Waals surface area contributed by atoms with E-state index >= 15 is 0 Å². The fraction of sp³-hybridized carbons (Fsp3) is 0.400.